The molecule has 3 nitrogen and oxygen atoms in total. The van der Waals surface area contributed by atoms with E-state index in [1.165, 1.54) is 6.07 Å². The number of carboxylic acids is 1. The zero-order valence-corrected chi connectivity index (χ0v) is 10.9. The van der Waals surface area contributed by atoms with E-state index in [1.807, 2.05) is 0 Å². The van der Waals surface area contributed by atoms with E-state index in [9.17, 15) is 27.5 Å². The van der Waals surface area contributed by atoms with E-state index in [0.717, 1.165) is 36.4 Å². The molecule has 0 aliphatic heterocycles. The summed E-state index contributed by atoms with van der Waals surface area (Å²) < 4.78 is 51.0. The molecule has 0 heterocycles. The SMILES string of the molecule is O=C(O)C(O)c1cc(F)cc(-c2ccc(C(F)(F)F)cc2)c1. The molecule has 2 rings (SSSR count). The predicted octanol–water partition coefficient (Wildman–Crippen LogP) is 3.63. The Morgan fingerprint density at radius 3 is 2.09 bits per heavy atom. The summed E-state index contributed by atoms with van der Waals surface area (Å²) in [6.07, 6.45) is -6.39. The van der Waals surface area contributed by atoms with E-state index in [1.54, 1.807) is 0 Å². The topological polar surface area (TPSA) is 57.5 Å². The third-order valence-corrected chi connectivity index (χ3v) is 3.02. The molecule has 2 N–H and O–H groups in total. The number of aliphatic hydroxyl groups is 1. The van der Waals surface area contributed by atoms with Gasteiger partial charge in [0.25, 0.3) is 0 Å². The molecule has 22 heavy (non-hydrogen) atoms. The first-order valence-electron chi connectivity index (χ1n) is 6.07. The maximum Gasteiger partial charge on any atom is 0.416 e. The largest absolute Gasteiger partial charge is 0.479 e. The second-order valence-electron chi connectivity index (χ2n) is 4.59. The highest BCUT2D eigenvalue weighted by Crippen LogP contribution is 2.31. The maximum atomic E-state index is 13.5. The summed E-state index contributed by atoms with van der Waals surface area (Å²) >= 11 is 0. The Morgan fingerprint density at radius 2 is 1.59 bits per heavy atom. The van der Waals surface area contributed by atoms with Crippen molar-refractivity contribution in [1.29, 1.82) is 0 Å². The molecule has 0 amide bonds. The lowest BCUT2D eigenvalue weighted by atomic mass is 9.99. The van der Waals surface area contributed by atoms with Crippen molar-refractivity contribution in [1.82, 2.24) is 0 Å². The number of carbonyl (C=O) groups is 1. The molecule has 0 bridgehead atoms. The maximum absolute atomic E-state index is 13.5. The zero-order chi connectivity index (χ0) is 16.5. The lowest BCUT2D eigenvalue weighted by Gasteiger charge is -2.11. The molecular weight excluding hydrogens is 304 g/mol. The van der Waals surface area contributed by atoms with Gasteiger partial charge in [-0.15, -0.1) is 0 Å². The summed E-state index contributed by atoms with van der Waals surface area (Å²) in [7, 11) is 0. The average molecular weight is 314 g/mol. The van der Waals surface area contributed by atoms with E-state index in [2.05, 4.69) is 0 Å². The fourth-order valence-corrected chi connectivity index (χ4v) is 1.93. The third-order valence-electron chi connectivity index (χ3n) is 3.02. The van der Waals surface area contributed by atoms with Gasteiger partial charge < -0.3 is 10.2 Å². The molecule has 0 radical (unpaired) electrons. The van der Waals surface area contributed by atoms with Crippen LogP contribution in [0.2, 0.25) is 0 Å². The second kappa shape index (κ2) is 5.76. The molecule has 0 aliphatic rings. The van der Waals surface area contributed by atoms with Crippen molar-refractivity contribution in [2.24, 2.45) is 0 Å². The van der Waals surface area contributed by atoms with E-state index >= 15 is 0 Å². The van der Waals surface area contributed by atoms with Crippen molar-refractivity contribution < 1.29 is 32.6 Å². The molecule has 116 valence electrons. The standard InChI is InChI=1S/C15H10F4O3/c16-12-6-9(5-10(7-12)13(20)14(21)22)8-1-3-11(4-2-8)15(17,18)19/h1-7,13,20H,(H,21,22). The van der Waals surface area contributed by atoms with Crippen LogP contribution < -0.4 is 0 Å². The van der Waals surface area contributed by atoms with E-state index < -0.39 is 29.6 Å². The van der Waals surface area contributed by atoms with Gasteiger partial charge in [-0.2, -0.15) is 13.2 Å². The lowest BCUT2D eigenvalue weighted by molar-refractivity contribution is -0.147. The first-order chi connectivity index (χ1) is 10.2. The molecule has 0 saturated heterocycles. The monoisotopic (exact) mass is 314 g/mol. The molecule has 0 saturated carbocycles. The van der Waals surface area contributed by atoms with Crippen LogP contribution in [0.4, 0.5) is 17.6 Å². The lowest BCUT2D eigenvalue weighted by Crippen LogP contribution is -2.10. The minimum absolute atomic E-state index is 0.170. The highest BCUT2D eigenvalue weighted by molar-refractivity contribution is 5.75. The number of hydrogen-bond acceptors (Lipinski definition) is 2. The number of halogens is 4. The first kappa shape index (κ1) is 16.0. The predicted molar refractivity (Wildman–Crippen MR) is 69.4 cm³/mol. The Kier molecular flexibility index (Phi) is 4.18. The number of rotatable bonds is 3. The smallest absolute Gasteiger partial charge is 0.416 e. The summed E-state index contributed by atoms with van der Waals surface area (Å²) in [5.41, 5.74) is -0.601. The number of alkyl halides is 3. The molecule has 1 unspecified atom stereocenters. The Balaban J connectivity index is 2.42. The normalized spacial score (nSPS) is 13.0. The Hall–Kier alpha value is -2.41. The van der Waals surface area contributed by atoms with Gasteiger partial charge in [0.1, 0.15) is 5.82 Å². The van der Waals surface area contributed by atoms with Gasteiger partial charge in [0.05, 0.1) is 5.56 Å². The molecule has 7 heteroatoms. The van der Waals surface area contributed by atoms with Gasteiger partial charge >= 0.3 is 12.1 Å². The highest BCUT2D eigenvalue weighted by atomic mass is 19.4. The minimum atomic E-state index is -4.48. The van der Waals surface area contributed by atoms with Crippen LogP contribution in [0.15, 0.2) is 42.5 Å². The Labute approximate surface area is 122 Å². The molecule has 0 spiro atoms. The van der Waals surface area contributed by atoms with Gasteiger partial charge in [0, 0.05) is 0 Å². The Morgan fingerprint density at radius 1 is 1.00 bits per heavy atom. The van der Waals surface area contributed by atoms with Crippen LogP contribution in [0, 0.1) is 5.82 Å². The van der Waals surface area contributed by atoms with E-state index in [0.29, 0.717) is 0 Å². The van der Waals surface area contributed by atoms with Gasteiger partial charge in [-0.25, -0.2) is 9.18 Å². The van der Waals surface area contributed by atoms with Crippen molar-refractivity contribution in [3.63, 3.8) is 0 Å². The number of aliphatic carboxylic acids is 1. The van der Waals surface area contributed by atoms with Gasteiger partial charge in [-0.05, 0) is 47.0 Å². The number of aliphatic hydroxyl groups excluding tert-OH is 1. The van der Waals surface area contributed by atoms with Crippen LogP contribution >= 0.6 is 0 Å². The molecular formula is C15H10F4O3. The number of carboxylic acid groups (broad SMARTS) is 1. The van der Waals surface area contributed by atoms with Crippen LogP contribution in [0.1, 0.15) is 17.2 Å². The number of benzene rings is 2. The van der Waals surface area contributed by atoms with Gasteiger partial charge in [0.15, 0.2) is 6.10 Å². The van der Waals surface area contributed by atoms with Crippen molar-refractivity contribution in [2.75, 3.05) is 0 Å². The first-order valence-corrected chi connectivity index (χ1v) is 6.07. The summed E-state index contributed by atoms with van der Waals surface area (Å²) in [6.45, 7) is 0. The third kappa shape index (κ3) is 3.43. The van der Waals surface area contributed by atoms with Crippen LogP contribution in [0.25, 0.3) is 11.1 Å². The molecule has 2 aromatic rings. The van der Waals surface area contributed by atoms with Crippen molar-refractivity contribution in [3.05, 3.63) is 59.4 Å². The van der Waals surface area contributed by atoms with Crippen LogP contribution in [-0.2, 0) is 11.0 Å². The molecule has 0 aromatic heterocycles. The quantitative estimate of drug-likeness (QED) is 0.851. The molecule has 0 aliphatic carbocycles. The van der Waals surface area contributed by atoms with E-state index in [-0.39, 0.29) is 16.7 Å². The van der Waals surface area contributed by atoms with Crippen molar-refractivity contribution in [2.45, 2.75) is 12.3 Å². The van der Waals surface area contributed by atoms with Crippen LogP contribution in [0.3, 0.4) is 0 Å². The van der Waals surface area contributed by atoms with Gasteiger partial charge in [-0.3, -0.25) is 0 Å². The summed E-state index contributed by atoms with van der Waals surface area (Å²) in [5, 5.41) is 18.1. The highest BCUT2D eigenvalue weighted by Gasteiger charge is 2.30. The minimum Gasteiger partial charge on any atom is -0.479 e. The van der Waals surface area contributed by atoms with Gasteiger partial charge in [0.2, 0.25) is 0 Å². The summed E-state index contributed by atoms with van der Waals surface area (Å²) in [6, 6.07) is 7.08. The summed E-state index contributed by atoms with van der Waals surface area (Å²) in [5.74, 6) is -2.35. The fraction of sp³-hybridized carbons (Fsp3) is 0.133. The molecule has 2 aromatic carbocycles. The van der Waals surface area contributed by atoms with Crippen molar-refractivity contribution >= 4 is 5.97 Å². The average Bonchev–Trinajstić information content (AvgIpc) is 2.45. The van der Waals surface area contributed by atoms with E-state index in [4.69, 9.17) is 5.11 Å². The number of hydrogen-bond donors (Lipinski definition) is 2. The zero-order valence-electron chi connectivity index (χ0n) is 10.9. The molecule has 0 fully saturated rings. The van der Waals surface area contributed by atoms with Crippen LogP contribution in [0.5, 0.6) is 0 Å². The van der Waals surface area contributed by atoms with Crippen LogP contribution in [-0.4, -0.2) is 16.2 Å². The Bertz CT molecular complexity index is 693. The fourth-order valence-electron chi connectivity index (χ4n) is 1.93. The summed E-state index contributed by atoms with van der Waals surface area (Å²) in [4.78, 5) is 10.7. The van der Waals surface area contributed by atoms with Gasteiger partial charge in [-0.1, -0.05) is 12.1 Å². The second-order valence-corrected chi connectivity index (χ2v) is 4.59. The molecule has 1 atom stereocenters. The van der Waals surface area contributed by atoms with Crippen molar-refractivity contribution in [3.8, 4) is 11.1 Å².